The quantitative estimate of drug-likeness (QED) is 0.616. The molecule has 1 aliphatic carbocycles. The lowest BCUT2D eigenvalue weighted by Gasteiger charge is -2.13. The third kappa shape index (κ3) is 5.45. The van der Waals surface area contributed by atoms with Crippen molar-refractivity contribution in [1.82, 2.24) is 20.3 Å². The first kappa shape index (κ1) is 22.0. The predicted octanol–water partition coefficient (Wildman–Crippen LogP) is 5.01. The van der Waals surface area contributed by atoms with Crippen LogP contribution in [0.1, 0.15) is 44.2 Å². The zero-order chi connectivity index (χ0) is 22.2. The van der Waals surface area contributed by atoms with Crippen LogP contribution in [-0.2, 0) is 0 Å². The maximum absolute atomic E-state index is 14.2. The van der Waals surface area contributed by atoms with Gasteiger partial charge in [-0.25, -0.2) is 13.9 Å². The SMILES string of the molecule is CCNC(=O)O.N#Cc1ccc(-c2ccc(-c3cnnn3C3CCCC3)cc2)c(F)c1. The molecule has 0 saturated heterocycles. The summed E-state index contributed by atoms with van der Waals surface area (Å²) in [6, 6.07) is 14.6. The number of halogens is 1. The molecule has 8 heteroatoms. The Balaban J connectivity index is 0.000000401. The highest BCUT2D eigenvalue weighted by molar-refractivity contribution is 5.69. The molecule has 31 heavy (non-hydrogen) atoms. The highest BCUT2D eigenvalue weighted by Gasteiger charge is 2.21. The molecule has 0 spiro atoms. The lowest BCUT2D eigenvalue weighted by Crippen LogP contribution is -2.19. The first-order valence-corrected chi connectivity index (χ1v) is 10.2. The molecule has 1 aliphatic rings. The number of hydrogen-bond donors (Lipinski definition) is 2. The molecule has 1 aromatic heterocycles. The highest BCUT2D eigenvalue weighted by atomic mass is 19.1. The second-order valence-corrected chi connectivity index (χ2v) is 7.22. The van der Waals surface area contributed by atoms with Crippen LogP contribution >= 0.6 is 0 Å². The molecule has 1 amide bonds. The van der Waals surface area contributed by atoms with Crippen LogP contribution in [0.2, 0.25) is 0 Å². The van der Waals surface area contributed by atoms with Gasteiger partial charge in [0, 0.05) is 17.7 Å². The zero-order valence-electron chi connectivity index (χ0n) is 17.3. The number of benzene rings is 2. The number of nitriles is 1. The number of aromatic nitrogens is 3. The van der Waals surface area contributed by atoms with Crippen molar-refractivity contribution in [3.05, 3.63) is 60.0 Å². The zero-order valence-corrected chi connectivity index (χ0v) is 17.3. The molecular formula is C23H24FN5O2. The average Bonchev–Trinajstić information content (AvgIpc) is 3.46. The highest BCUT2D eigenvalue weighted by Crippen LogP contribution is 2.33. The lowest BCUT2D eigenvalue weighted by molar-refractivity contribution is 0.195. The van der Waals surface area contributed by atoms with Crippen LogP contribution in [0.5, 0.6) is 0 Å². The minimum atomic E-state index is -0.961. The summed E-state index contributed by atoms with van der Waals surface area (Å²) in [5.74, 6) is -0.385. The lowest BCUT2D eigenvalue weighted by atomic mass is 10.0. The summed E-state index contributed by atoms with van der Waals surface area (Å²) >= 11 is 0. The Kier molecular flexibility index (Phi) is 7.33. The number of nitrogens with one attached hydrogen (secondary N) is 1. The number of amides is 1. The Morgan fingerprint density at radius 3 is 2.45 bits per heavy atom. The Morgan fingerprint density at radius 1 is 1.23 bits per heavy atom. The summed E-state index contributed by atoms with van der Waals surface area (Å²) in [7, 11) is 0. The van der Waals surface area contributed by atoms with E-state index in [1.807, 2.05) is 35.0 Å². The molecule has 1 fully saturated rings. The van der Waals surface area contributed by atoms with Gasteiger partial charge in [-0.3, -0.25) is 0 Å². The van der Waals surface area contributed by atoms with Crippen molar-refractivity contribution in [3.63, 3.8) is 0 Å². The summed E-state index contributed by atoms with van der Waals surface area (Å²) in [5.41, 5.74) is 3.62. The molecule has 0 atom stereocenters. The molecule has 4 rings (SSSR count). The minimum Gasteiger partial charge on any atom is -0.465 e. The summed E-state index contributed by atoms with van der Waals surface area (Å²) in [4.78, 5) is 9.49. The van der Waals surface area contributed by atoms with Gasteiger partial charge in [0.2, 0.25) is 0 Å². The summed E-state index contributed by atoms with van der Waals surface area (Å²) in [6.45, 7) is 2.21. The van der Waals surface area contributed by atoms with E-state index in [1.54, 1.807) is 25.3 Å². The van der Waals surface area contributed by atoms with Gasteiger partial charge in [-0.15, -0.1) is 5.10 Å². The Hall–Kier alpha value is -3.73. The van der Waals surface area contributed by atoms with E-state index >= 15 is 0 Å². The topological polar surface area (TPSA) is 104 Å². The molecule has 2 N–H and O–H groups in total. The maximum atomic E-state index is 14.2. The van der Waals surface area contributed by atoms with Crippen molar-refractivity contribution < 1.29 is 14.3 Å². The van der Waals surface area contributed by atoms with E-state index in [0.29, 0.717) is 23.7 Å². The van der Waals surface area contributed by atoms with E-state index in [1.165, 1.54) is 18.9 Å². The van der Waals surface area contributed by atoms with Crippen LogP contribution < -0.4 is 5.32 Å². The van der Waals surface area contributed by atoms with Gasteiger partial charge in [0.05, 0.1) is 29.6 Å². The molecule has 1 heterocycles. The van der Waals surface area contributed by atoms with Crippen molar-refractivity contribution in [2.75, 3.05) is 6.54 Å². The van der Waals surface area contributed by atoms with E-state index in [-0.39, 0.29) is 5.82 Å². The monoisotopic (exact) mass is 421 g/mol. The van der Waals surface area contributed by atoms with Crippen molar-refractivity contribution in [2.45, 2.75) is 38.6 Å². The number of nitrogens with zero attached hydrogens (tertiary/aromatic N) is 4. The fraction of sp³-hybridized carbons (Fsp3) is 0.304. The van der Waals surface area contributed by atoms with E-state index in [2.05, 4.69) is 15.6 Å². The largest absolute Gasteiger partial charge is 0.465 e. The fourth-order valence-electron chi connectivity index (χ4n) is 3.66. The van der Waals surface area contributed by atoms with Crippen LogP contribution in [0.25, 0.3) is 22.4 Å². The molecular weight excluding hydrogens is 397 g/mol. The number of carbonyl (C=O) groups is 1. The van der Waals surface area contributed by atoms with Gasteiger partial charge in [0.1, 0.15) is 5.82 Å². The predicted molar refractivity (Wildman–Crippen MR) is 115 cm³/mol. The molecule has 7 nitrogen and oxygen atoms in total. The average molecular weight is 421 g/mol. The van der Waals surface area contributed by atoms with Gasteiger partial charge in [-0.05, 0) is 37.5 Å². The first-order valence-electron chi connectivity index (χ1n) is 10.2. The van der Waals surface area contributed by atoms with E-state index in [4.69, 9.17) is 10.4 Å². The van der Waals surface area contributed by atoms with Crippen LogP contribution in [0.4, 0.5) is 9.18 Å². The molecule has 0 bridgehead atoms. The number of rotatable bonds is 4. The summed E-state index contributed by atoms with van der Waals surface area (Å²) in [5, 5.41) is 27.1. The second-order valence-electron chi connectivity index (χ2n) is 7.22. The molecule has 0 unspecified atom stereocenters. The number of hydrogen-bond acceptors (Lipinski definition) is 4. The second kappa shape index (κ2) is 10.3. The standard InChI is InChI=1S/C20H17FN4.C3H7NO2/c21-19-11-14(12-22)5-10-18(19)15-6-8-16(9-7-15)20-13-23-24-25(20)17-3-1-2-4-17;1-2-4-3(5)6/h5-11,13,17H,1-4H2;4H,2H2,1H3,(H,5,6). The summed E-state index contributed by atoms with van der Waals surface area (Å²) in [6.07, 6.45) is 5.59. The molecule has 2 aromatic carbocycles. The van der Waals surface area contributed by atoms with Crippen LogP contribution in [-0.4, -0.2) is 32.7 Å². The number of carboxylic acid groups (broad SMARTS) is 1. The van der Waals surface area contributed by atoms with Gasteiger partial charge in [0.15, 0.2) is 0 Å². The molecule has 3 aromatic rings. The Labute approximate surface area is 180 Å². The van der Waals surface area contributed by atoms with E-state index in [9.17, 15) is 9.18 Å². The van der Waals surface area contributed by atoms with E-state index in [0.717, 1.165) is 29.7 Å². The maximum Gasteiger partial charge on any atom is 0.404 e. The van der Waals surface area contributed by atoms with Gasteiger partial charge in [-0.1, -0.05) is 48.4 Å². The van der Waals surface area contributed by atoms with Crippen molar-refractivity contribution in [1.29, 1.82) is 5.26 Å². The van der Waals surface area contributed by atoms with Gasteiger partial charge in [-0.2, -0.15) is 5.26 Å². The molecule has 1 saturated carbocycles. The van der Waals surface area contributed by atoms with Crippen LogP contribution in [0.3, 0.4) is 0 Å². The summed E-state index contributed by atoms with van der Waals surface area (Å²) < 4.78 is 16.2. The molecule has 160 valence electrons. The molecule has 0 radical (unpaired) electrons. The third-order valence-corrected chi connectivity index (χ3v) is 5.16. The van der Waals surface area contributed by atoms with Crippen molar-refractivity contribution >= 4 is 6.09 Å². The normalized spacial score (nSPS) is 13.2. The Morgan fingerprint density at radius 2 is 1.90 bits per heavy atom. The van der Waals surface area contributed by atoms with Gasteiger partial charge >= 0.3 is 6.09 Å². The van der Waals surface area contributed by atoms with E-state index < -0.39 is 6.09 Å². The van der Waals surface area contributed by atoms with Crippen molar-refractivity contribution in [3.8, 4) is 28.5 Å². The van der Waals surface area contributed by atoms with Crippen molar-refractivity contribution in [2.24, 2.45) is 0 Å². The van der Waals surface area contributed by atoms with Gasteiger partial charge in [0.25, 0.3) is 0 Å². The van der Waals surface area contributed by atoms with Gasteiger partial charge < -0.3 is 10.4 Å². The van der Waals surface area contributed by atoms with Crippen LogP contribution in [0, 0.1) is 17.1 Å². The fourth-order valence-corrected chi connectivity index (χ4v) is 3.66. The van der Waals surface area contributed by atoms with Crippen LogP contribution in [0.15, 0.2) is 48.7 Å². The molecule has 0 aliphatic heterocycles. The third-order valence-electron chi connectivity index (χ3n) is 5.16. The minimum absolute atomic E-state index is 0.324. The smallest absolute Gasteiger partial charge is 0.404 e. The first-order chi connectivity index (χ1) is 15.0. The Bertz CT molecular complexity index is 1070.